The molecule has 0 aromatic heterocycles. The molecule has 2 aromatic carbocycles. The van der Waals surface area contributed by atoms with Crippen LogP contribution in [0, 0.1) is 0 Å². The van der Waals surface area contributed by atoms with Gasteiger partial charge in [0, 0.05) is 4.47 Å². The predicted molar refractivity (Wildman–Crippen MR) is 61.2 cm³/mol. The summed E-state index contributed by atoms with van der Waals surface area (Å²) in [5.41, 5.74) is 2.24. The maximum Gasteiger partial charge on any atom is 0.115 e. The van der Waals surface area contributed by atoms with Gasteiger partial charge < -0.3 is 5.11 Å². The normalized spacial score (nSPS) is 10.1. The number of benzene rings is 2. The summed E-state index contributed by atoms with van der Waals surface area (Å²) >= 11 is 3.42. The number of halogens is 1. The summed E-state index contributed by atoms with van der Waals surface area (Å²) in [6.07, 6.45) is 0. The second-order valence-corrected chi connectivity index (χ2v) is 3.97. The van der Waals surface area contributed by atoms with Crippen LogP contribution in [0.1, 0.15) is 0 Å². The Hall–Kier alpha value is -1.28. The summed E-state index contributed by atoms with van der Waals surface area (Å²) in [4.78, 5) is 0. The van der Waals surface area contributed by atoms with Crippen LogP contribution in [0.3, 0.4) is 0 Å². The van der Waals surface area contributed by atoms with Crippen LogP contribution in [0.15, 0.2) is 53.0 Å². The van der Waals surface area contributed by atoms with Crippen molar-refractivity contribution in [3.63, 3.8) is 0 Å². The van der Waals surface area contributed by atoms with Gasteiger partial charge in [-0.15, -0.1) is 0 Å². The Morgan fingerprint density at radius 1 is 0.857 bits per heavy atom. The molecule has 0 spiro atoms. The Balaban J connectivity index is 2.44. The molecule has 0 saturated carbocycles. The van der Waals surface area contributed by atoms with Crippen LogP contribution in [0.5, 0.6) is 5.75 Å². The molecule has 2 heteroatoms. The topological polar surface area (TPSA) is 20.2 Å². The molecule has 14 heavy (non-hydrogen) atoms. The Kier molecular flexibility index (Phi) is 2.55. The molecular formula is C12H9BrO. The first-order valence-electron chi connectivity index (χ1n) is 4.31. The third-order valence-electron chi connectivity index (χ3n) is 2.03. The summed E-state index contributed by atoms with van der Waals surface area (Å²) < 4.78 is 1.06. The molecule has 0 saturated heterocycles. The predicted octanol–water partition coefficient (Wildman–Crippen LogP) is 3.82. The molecule has 0 heterocycles. The second kappa shape index (κ2) is 3.84. The van der Waals surface area contributed by atoms with Crippen LogP contribution in [-0.4, -0.2) is 5.11 Å². The summed E-state index contributed by atoms with van der Waals surface area (Å²) in [6.45, 7) is 0. The van der Waals surface area contributed by atoms with E-state index in [-0.39, 0.29) is 0 Å². The average molecular weight is 249 g/mol. The van der Waals surface area contributed by atoms with Crippen molar-refractivity contribution in [2.24, 2.45) is 0 Å². The number of hydrogen-bond donors (Lipinski definition) is 1. The van der Waals surface area contributed by atoms with Gasteiger partial charge >= 0.3 is 0 Å². The molecule has 0 bridgehead atoms. The summed E-state index contributed by atoms with van der Waals surface area (Å²) in [6, 6.07) is 15.3. The van der Waals surface area contributed by atoms with Crippen molar-refractivity contribution in [2.45, 2.75) is 0 Å². The molecule has 2 aromatic rings. The van der Waals surface area contributed by atoms with Crippen molar-refractivity contribution in [1.29, 1.82) is 0 Å². The van der Waals surface area contributed by atoms with Crippen LogP contribution in [0.4, 0.5) is 0 Å². The Labute approximate surface area is 91.2 Å². The van der Waals surface area contributed by atoms with Gasteiger partial charge in [-0.2, -0.15) is 0 Å². The minimum absolute atomic E-state index is 0.295. The molecule has 0 radical (unpaired) electrons. The second-order valence-electron chi connectivity index (χ2n) is 3.06. The van der Waals surface area contributed by atoms with Gasteiger partial charge in [-0.25, -0.2) is 0 Å². The fourth-order valence-corrected chi connectivity index (χ4v) is 1.72. The lowest BCUT2D eigenvalue weighted by atomic mass is 10.1. The Morgan fingerprint density at radius 2 is 1.57 bits per heavy atom. The molecule has 0 aliphatic carbocycles. The quantitative estimate of drug-likeness (QED) is 0.814. The highest BCUT2D eigenvalue weighted by Gasteiger charge is 1.97. The molecule has 1 nitrogen and oxygen atoms in total. The van der Waals surface area contributed by atoms with Crippen LogP contribution < -0.4 is 0 Å². The van der Waals surface area contributed by atoms with E-state index in [9.17, 15) is 0 Å². The molecule has 0 atom stereocenters. The minimum Gasteiger partial charge on any atom is -0.508 e. The maximum absolute atomic E-state index is 9.15. The number of phenolic OH excluding ortho intramolecular Hbond substituents is 1. The highest BCUT2D eigenvalue weighted by molar-refractivity contribution is 9.10. The Morgan fingerprint density at radius 3 is 2.21 bits per heavy atom. The molecular weight excluding hydrogens is 240 g/mol. The van der Waals surface area contributed by atoms with E-state index in [4.69, 9.17) is 5.11 Å². The van der Waals surface area contributed by atoms with E-state index in [0.29, 0.717) is 5.75 Å². The molecule has 1 N–H and O–H groups in total. The van der Waals surface area contributed by atoms with E-state index in [2.05, 4.69) is 15.9 Å². The van der Waals surface area contributed by atoms with Gasteiger partial charge in [0.25, 0.3) is 0 Å². The van der Waals surface area contributed by atoms with Gasteiger partial charge in [-0.3, -0.25) is 0 Å². The van der Waals surface area contributed by atoms with E-state index in [1.165, 1.54) is 0 Å². The summed E-state index contributed by atoms with van der Waals surface area (Å²) in [5.74, 6) is 0.295. The van der Waals surface area contributed by atoms with Crippen molar-refractivity contribution in [1.82, 2.24) is 0 Å². The zero-order valence-corrected chi connectivity index (χ0v) is 9.03. The first kappa shape index (κ1) is 9.28. The van der Waals surface area contributed by atoms with Gasteiger partial charge in [0.2, 0.25) is 0 Å². The van der Waals surface area contributed by atoms with Gasteiger partial charge in [-0.1, -0.05) is 40.2 Å². The molecule has 0 amide bonds. The molecule has 0 aliphatic rings. The molecule has 0 fully saturated rings. The average Bonchev–Trinajstić information content (AvgIpc) is 2.19. The lowest BCUT2D eigenvalue weighted by Gasteiger charge is -2.01. The highest BCUT2D eigenvalue weighted by atomic mass is 79.9. The fraction of sp³-hybridized carbons (Fsp3) is 0. The number of rotatable bonds is 1. The standard InChI is InChI=1S/C12H9BrO/c13-11-3-1-2-10(8-11)9-4-6-12(14)7-5-9/h1-8,14H. The first-order chi connectivity index (χ1) is 6.75. The summed E-state index contributed by atoms with van der Waals surface area (Å²) in [5, 5.41) is 9.15. The number of phenols is 1. The maximum atomic E-state index is 9.15. The van der Waals surface area contributed by atoms with Crippen LogP contribution >= 0.6 is 15.9 Å². The van der Waals surface area contributed by atoms with Crippen molar-refractivity contribution in [3.8, 4) is 16.9 Å². The Bertz CT molecular complexity index is 434. The van der Waals surface area contributed by atoms with Crippen molar-refractivity contribution in [3.05, 3.63) is 53.0 Å². The van der Waals surface area contributed by atoms with E-state index >= 15 is 0 Å². The molecule has 0 aliphatic heterocycles. The third-order valence-corrected chi connectivity index (χ3v) is 2.52. The zero-order valence-electron chi connectivity index (χ0n) is 7.44. The van der Waals surface area contributed by atoms with Crippen LogP contribution in [-0.2, 0) is 0 Å². The lowest BCUT2D eigenvalue weighted by Crippen LogP contribution is -1.76. The summed E-state index contributed by atoms with van der Waals surface area (Å²) in [7, 11) is 0. The van der Waals surface area contributed by atoms with Crippen molar-refractivity contribution >= 4 is 15.9 Å². The van der Waals surface area contributed by atoms with Gasteiger partial charge in [0.1, 0.15) is 5.75 Å². The van der Waals surface area contributed by atoms with Gasteiger partial charge in [0.05, 0.1) is 0 Å². The lowest BCUT2D eigenvalue weighted by molar-refractivity contribution is 0.475. The molecule has 0 unspecified atom stereocenters. The van der Waals surface area contributed by atoms with Crippen molar-refractivity contribution in [2.75, 3.05) is 0 Å². The van der Waals surface area contributed by atoms with Crippen LogP contribution in [0.25, 0.3) is 11.1 Å². The van der Waals surface area contributed by atoms with E-state index in [1.54, 1.807) is 12.1 Å². The minimum atomic E-state index is 0.295. The smallest absolute Gasteiger partial charge is 0.115 e. The van der Waals surface area contributed by atoms with Crippen molar-refractivity contribution < 1.29 is 5.11 Å². The highest BCUT2D eigenvalue weighted by Crippen LogP contribution is 2.24. The fourth-order valence-electron chi connectivity index (χ4n) is 1.32. The van der Waals surface area contributed by atoms with Crippen LogP contribution in [0.2, 0.25) is 0 Å². The number of hydrogen-bond acceptors (Lipinski definition) is 1. The van der Waals surface area contributed by atoms with E-state index in [1.807, 2.05) is 36.4 Å². The van der Waals surface area contributed by atoms with Gasteiger partial charge in [-0.05, 0) is 35.4 Å². The zero-order chi connectivity index (χ0) is 9.97. The van der Waals surface area contributed by atoms with E-state index < -0.39 is 0 Å². The number of aromatic hydroxyl groups is 1. The SMILES string of the molecule is Oc1ccc(-c2cccc(Br)c2)cc1. The first-order valence-corrected chi connectivity index (χ1v) is 5.10. The van der Waals surface area contributed by atoms with E-state index in [0.717, 1.165) is 15.6 Å². The molecule has 70 valence electrons. The monoisotopic (exact) mass is 248 g/mol. The van der Waals surface area contributed by atoms with Gasteiger partial charge in [0.15, 0.2) is 0 Å². The molecule has 2 rings (SSSR count). The largest absolute Gasteiger partial charge is 0.508 e. The third kappa shape index (κ3) is 1.96.